The van der Waals surface area contributed by atoms with E-state index in [4.69, 9.17) is 11.6 Å². The number of hydrogen-bond acceptors (Lipinski definition) is 5. The highest BCUT2D eigenvalue weighted by Gasteiger charge is 2.45. The molecule has 0 aromatic carbocycles. The van der Waals surface area contributed by atoms with Crippen LogP contribution in [0.4, 0.5) is 32.2 Å². The zero-order valence-corrected chi connectivity index (χ0v) is 10.0. The molecule has 1 rings (SSSR count). The van der Waals surface area contributed by atoms with Gasteiger partial charge in [-0.05, 0) is 21.5 Å². The van der Waals surface area contributed by atoms with Crippen LogP contribution in [0.5, 0.6) is 5.75 Å². The lowest BCUT2D eigenvalue weighted by molar-refractivity contribution is -0.393. The summed E-state index contributed by atoms with van der Waals surface area (Å²) in [6.07, 6.45) is -11.1. The number of nitro groups is 1. The third-order valence-electron chi connectivity index (χ3n) is 1.85. The molecule has 13 heteroatoms. The van der Waals surface area contributed by atoms with Crippen molar-refractivity contribution in [2.24, 2.45) is 0 Å². The van der Waals surface area contributed by atoms with Gasteiger partial charge in [0, 0.05) is 6.07 Å². The van der Waals surface area contributed by atoms with E-state index in [0.717, 1.165) is 0 Å². The molecule has 0 aliphatic rings. The van der Waals surface area contributed by atoms with Crippen LogP contribution in [0.3, 0.4) is 0 Å². The van der Waals surface area contributed by atoms with E-state index in [2.05, 4.69) is 9.72 Å². The van der Waals surface area contributed by atoms with Gasteiger partial charge in [0.05, 0.1) is 0 Å². The number of ether oxygens (including phenoxy) is 1. The van der Waals surface area contributed by atoms with Gasteiger partial charge in [0.15, 0.2) is 0 Å². The molecule has 116 valence electrons. The smallest absolute Gasteiger partial charge is 0.396 e. The van der Waals surface area contributed by atoms with E-state index in [1.54, 1.807) is 0 Å². The number of pyridine rings is 1. The van der Waals surface area contributed by atoms with Crippen molar-refractivity contribution < 1.29 is 40.8 Å². The molecule has 0 unspecified atom stereocenters. The lowest BCUT2D eigenvalue weighted by Gasteiger charge is -2.14. The number of aromatic nitrogens is 1. The highest BCUT2D eigenvalue weighted by Crippen LogP contribution is 2.43. The maximum Gasteiger partial charge on any atom is 0.573 e. The van der Waals surface area contributed by atoms with Gasteiger partial charge in [0.1, 0.15) is 5.56 Å². The van der Waals surface area contributed by atoms with Gasteiger partial charge in [0.2, 0.25) is 11.4 Å². The quantitative estimate of drug-likeness (QED) is 0.365. The van der Waals surface area contributed by atoms with E-state index in [9.17, 15) is 41.3 Å². The van der Waals surface area contributed by atoms with Crippen LogP contribution in [0.15, 0.2) is 6.07 Å². The monoisotopic (exact) mass is 338 g/mol. The van der Waals surface area contributed by atoms with Crippen molar-refractivity contribution in [3.63, 3.8) is 0 Å². The van der Waals surface area contributed by atoms with Crippen molar-refractivity contribution in [2.75, 3.05) is 0 Å². The summed E-state index contributed by atoms with van der Waals surface area (Å²) in [5, 5.41) is 8.91. The second kappa shape index (κ2) is 5.35. The highest BCUT2D eigenvalue weighted by molar-refractivity contribution is 6.67. The maximum absolute atomic E-state index is 12.7. The van der Waals surface area contributed by atoms with E-state index < -0.39 is 45.5 Å². The van der Waals surface area contributed by atoms with Crippen molar-refractivity contribution >= 4 is 22.7 Å². The Morgan fingerprint density at radius 3 is 2.14 bits per heavy atom. The summed E-state index contributed by atoms with van der Waals surface area (Å²) in [5.41, 5.74) is -3.45. The molecule has 0 N–H and O–H groups in total. The minimum absolute atomic E-state index is 0.177. The molecular formula is C8HClF6N2O4. The molecule has 1 aromatic rings. The predicted octanol–water partition coefficient (Wildman–Crippen LogP) is 3.29. The third kappa shape index (κ3) is 4.18. The first-order valence-corrected chi connectivity index (χ1v) is 4.93. The van der Waals surface area contributed by atoms with E-state index in [-0.39, 0.29) is 6.07 Å². The predicted molar refractivity (Wildman–Crippen MR) is 52.8 cm³/mol. The number of halogens is 7. The molecule has 0 spiro atoms. The molecule has 0 amide bonds. The Hall–Kier alpha value is -2.11. The van der Waals surface area contributed by atoms with Gasteiger partial charge < -0.3 is 14.9 Å². The fourth-order valence-electron chi connectivity index (χ4n) is 1.17. The van der Waals surface area contributed by atoms with Crippen LogP contribution in [0, 0.1) is 10.1 Å². The number of carbonyl (C=O) groups excluding carboxylic acids is 1. The molecule has 6 nitrogen and oxygen atoms in total. The van der Waals surface area contributed by atoms with E-state index in [1.165, 1.54) is 0 Å². The average Bonchev–Trinajstić information content (AvgIpc) is 2.24. The Labute approximate surface area is 115 Å². The minimum atomic E-state index is -5.64. The van der Waals surface area contributed by atoms with E-state index >= 15 is 0 Å². The molecule has 0 radical (unpaired) electrons. The number of nitrogens with zero attached hydrogens (tertiary/aromatic N) is 2. The molecule has 1 aromatic heterocycles. The Morgan fingerprint density at radius 1 is 1.29 bits per heavy atom. The van der Waals surface area contributed by atoms with Crippen molar-refractivity contribution in [1.29, 1.82) is 0 Å². The Balaban J connectivity index is 3.71. The molecule has 0 atom stereocenters. The van der Waals surface area contributed by atoms with Crippen LogP contribution in [-0.2, 0) is 6.18 Å². The summed E-state index contributed by atoms with van der Waals surface area (Å²) in [4.78, 5) is 22.3. The van der Waals surface area contributed by atoms with Gasteiger partial charge in [-0.1, -0.05) is 0 Å². The van der Waals surface area contributed by atoms with Gasteiger partial charge in [-0.2, -0.15) is 13.2 Å². The standard InChI is InChI=1S/C8HClF6N2O4/c9-5(18)3-1-2(7(10,11)12)4(21-8(13,14)15)6(16-3)17(19)20/h1H. The van der Waals surface area contributed by atoms with Gasteiger partial charge >= 0.3 is 18.4 Å². The average molecular weight is 339 g/mol. The van der Waals surface area contributed by atoms with Crippen molar-refractivity contribution in [3.8, 4) is 5.75 Å². The second-order valence-corrected chi connectivity index (χ2v) is 3.63. The lowest BCUT2D eigenvalue weighted by Crippen LogP contribution is -2.22. The van der Waals surface area contributed by atoms with Gasteiger partial charge in [0.25, 0.3) is 5.24 Å². The first-order chi connectivity index (χ1) is 9.33. The van der Waals surface area contributed by atoms with Crippen molar-refractivity contribution in [2.45, 2.75) is 12.5 Å². The zero-order valence-electron chi connectivity index (χ0n) is 9.25. The molecule has 0 aliphatic heterocycles. The SMILES string of the molecule is O=C(Cl)c1cc(C(F)(F)F)c(OC(F)(F)F)c([N+](=O)[O-])n1. The molecule has 0 saturated heterocycles. The maximum atomic E-state index is 12.7. The van der Waals surface area contributed by atoms with Crippen LogP contribution >= 0.6 is 11.6 Å². The van der Waals surface area contributed by atoms with Crippen LogP contribution in [0.25, 0.3) is 0 Å². The van der Waals surface area contributed by atoms with Crippen LogP contribution < -0.4 is 4.74 Å². The summed E-state index contributed by atoms with van der Waals surface area (Å²) in [6, 6.07) is -0.177. The fourth-order valence-corrected chi connectivity index (χ4v) is 1.27. The van der Waals surface area contributed by atoms with Gasteiger partial charge in [-0.3, -0.25) is 4.79 Å². The van der Waals surface area contributed by atoms with Crippen molar-refractivity contribution in [3.05, 3.63) is 27.4 Å². The first kappa shape index (κ1) is 16.9. The number of rotatable bonds is 3. The number of carbonyl (C=O) groups is 1. The van der Waals surface area contributed by atoms with Gasteiger partial charge in [-0.15, -0.1) is 13.2 Å². The summed E-state index contributed by atoms with van der Waals surface area (Å²) in [6.45, 7) is 0. The van der Waals surface area contributed by atoms with Crippen LogP contribution in [-0.4, -0.2) is 21.5 Å². The molecular weight excluding hydrogens is 338 g/mol. The van der Waals surface area contributed by atoms with E-state index in [1.807, 2.05) is 0 Å². The zero-order chi connectivity index (χ0) is 16.6. The summed E-state index contributed by atoms with van der Waals surface area (Å²) >= 11 is 4.83. The van der Waals surface area contributed by atoms with Crippen LogP contribution in [0.2, 0.25) is 0 Å². The highest BCUT2D eigenvalue weighted by atomic mass is 35.5. The number of hydrogen-bond donors (Lipinski definition) is 0. The summed E-state index contributed by atoms with van der Waals surface area (Å²) in [7, 11) is 0. The molecule has 21 heavy (non-hydrogen) atoms. The van der Waals surface area contributed by atoms with Crippen LogP contribution in [0.1, 0.15) is 16.1 Å². The Morgan fingerprint density at radius 2 is 1.81 bits per heavy atom. The third-order valence-corrected chi connectivity index (χ3v) is 2.05. The second-order valence-electron chi connectivity index (χ2n) is 3.28. The largest absolute Gasteiger partial charge is 0.573 e. The molecule has 0 aliphatic carbocycles. The lowest BCUT2D eigenvalue weighted by atomic mass is 10.2. The first-order valence-electron chi connectivity index (χ1n) is 4.55. The molecule has 0 saturated carbocycles. The van der Waals surface area contributed by atoms with Crippen molar-refractivity contribution in [1.82, 2.24) is 4.98 Å². The fraction of sp³-hybridized carbons (Fsp3) is 0.250. The van der Waals surface area contributed by atoms with Gasteiger partial charge in [-0.25, -0.2) is 0 Å². The molecule has 0 fully saturated rings. The molecule has 0 bridgehead atoms. The normalized spacial score (nSPS) is 12.1. The minimum Gasteiger partial charge on any atom is -0.396 e. The topological polar surface area (TPSA) is 82.3 Å². The molecule has 1 heterocycles. The Kier molecular flexibility index (Phi) is 4.32. The summed E-state index contributed by atoms with van der Waals surface area (Å²) in [5.74, 6) is -4.12. The summed E-state index contributed by atoms with van der Waals surface area (Å²) < 4.78 is 77.2. The number of alkyl halides is 6. The Bertz CT molecular complexity index is 600. The van der Waals surface area contributed by atoms with E-state index in [0.29, 0.717) is 0 Å².